The van der Waals surface area contributed by atoms with E-state index in [0.29, 0.717) is 11.8 Å². The molecular weight excluding hydrogens is 234 g/mol. The number of ether oxygens (including phenoxy) is 1. The van der Waals surface area contributed by atoms with E-state index in [2.05, 4.69) is 50.2 Å². The zero-order valence-electron chi connectivity index (χ0n) is 12.5. The van der Waals surface area contributed by atoms with Gasteiger partial charge in [0.1, 0.15) is 5.75 Å². The molecule has 2 rings (SSSR count). The summed E-state index contributed by atoms with van der Waals surface area (Å²) in [5.74, 6) is 2.26. The average Bonchev–Trinajstić information content (AvgIpc) is 2.40. The van der Waals surface area contributed by atoms with Gasteiger partial charge < -0.3 is 9.64 Å². The normalized spacial score (nSPS) is 23.3. The fraction of sp³-hybridized carbons (Fsp3) is 0.529. The molecule has 1 aromatic carbocycles. The molecule has 0 aromatic heterocycles. The molecule has 2 nitrogen and oxygen atoms in total. The molecule has 19 heavy (non-hydrogen) atoms. The lowest BCUT2D eigenvalue weighted by molar-refractivity contribution is 0.336. The molecule has 1 aliphatic rings. The molecule has 0 spiro atoms. The molecule has 0 aliphatic heterocycles. The summed E-state index contributed by atoms with van der Waals surface area (Å²) >= 11 is 0. The van der Waals surface area contributed by atoms with Crippen LogP contribution in [0.5, 0.6) is 5.75 Å². The molecule has 0 amide bonds. The summed E-state index contributed by atoms with van der Waals surface area (Å²) in [4.78, 5) is 2.29. The molecular formula is C17H25NO. The van der Waals surface area contributed by atoms with Crippen LogP contribution in [0.25, 0.3) is 5.57 Å². The molecule has 0 fully saturated rings. The minimum atomic E-state index is 0.637. The number of hydrogen-bond donors (Lipinski definition) is 0. The van der Waals surface area contributed by atoms with Crippen LogP contribution in [0.1, 0.15) is 25.3 Å². The van der Waals surface area contributed by atoms with E-state index < -0.39 is 0 Å². The predicted molar refractivity (Wildman–Crippen MR) is 81.4 cm³/mol. The summed E-state index contributed by atoms with van der Waals surface area (Å²) in [7, 11) is 6.04. The van der Waals surface area contributed by atoms with E-state index >= 15 is 0 Å². The largest absolute Gasteiger partial charge is 0.497 e. The van der Waals surface area contributed by atoms with Gasteiger partial charge in [-0.05, 0) is 62.0 Å². The standard InChI is InChI=1S/C17H25NO/c1-13-8-9-15(12-18(2)3)17(10-13)14-6-5-7-16(11-14)19-4/h5-7,10-11,13,15H,8-9,12H2,1-4H3/t13-,15-/m1/s1. The second kappa shape index (κ2) is 6.25. The molecule has 2 atom stereocenters. The van der Waals surface area contributed by atoms with Gasteiger partial charge in [-0.3, -0.25) is 0 Å². The van der Waals surface area contributed by atoms with Crippen molar-refractivity contribution in [1.29, 1.82) is 0 Å². The molecule has 104 valence electrons. The molecule has 0 N–H and O–H groups in total. The second-order valence-electron chi connectivity index (χ2n) is 5.87. The molecule has 2 heteroatoms. The minimum absolute atomic E-state index is 0.637. The van der Waals surface area contributed by atoms with Crippen molar-refractivity contribution in [3.63, 3.8) is 0 Å². The maximum absolute atomic E-state index is 5.35. The number of methoxy groups -OCH3 is 1. The lowest BCUT2D eigenvalue weighted by atomic mass is 9.79. The third kappa shape index (κ3) is 3.60. The van der Waals surface area contributed by atoms with Crippen molar-refractivity contribution in [2.24, 2.45) is 11.8 Å². The zero-order chi connectivity index (χ0) is 13.8. The highest BCUT2D eigenvalue weighted by atomic mass is 16.5. The van der Waals surface area contributed by atoms with Gasteiger partial charge in [0.15, 0.2) is 0 Å². The van der Waals surface area contributed by atoms with E-state index in [4.69, 9.17) is 4.74 Å². The van der Waals surface area contributed by atoms with E-state index in [0.717, 1.165) is 12.3 Å². The molecule has 0 unspecified atom stereocenters. The van der Waals surface area contributed by atoms with Gasteiger partial charge in [0.2, 0.25) is 0 Å². The summed E-state index contributed by atoms with van der Waals surface area (Å²) in [5.41, 5.74) is 2.81. The monoisotopic (exact) mass is 259 g/mol. The smallest absolute Gasteiger partial charge is 0.119 e. The van der Waals surface area contributed by atoms with Gasteiger partial charge in [-0.25, -0.2) is 0 Å². The average molecular weight is 259 g/mol. The van der Waals surface area contributed by atoms with Gasteiger partial charge >= 0.3 is 0 Å². The van der Waals surface area contributed by atoms with Gasteiger partial charge in [-0.2, -0.15) is 0 Å². The Kier molecular flexibility index (Phi) is 4.65. The predicted octanol–water partition coefficient (Wildman–Crippen LogP) is 3.69. The van der Waals surface area contributed by atoms with Crippen LogP contribution in [0.4, 0.5) is 0 Å². The number of benzene rings is 1. The van der Waals surface area contributed by atoms with E-state index in [1.54, 1.807) is 7.11 Å². The first-order chi connectivity index (χ1) is 9.10. The third-order valence-corrected chi connectivity index (χ3v) is 3.86. The van der Waals surface area contributed by atoms with Gasteiger partial charge in [-0.1, -0.05) is 25.1 Å². The Hall–Kier alpha value is -1.28. The SMILES string of the molecule is COc1cccc(C2=C[C@H](C)CC[C@@H]2CN(C)C)c1. The number of nitrogens with zero attached hydrogens (tertiary/aromatic N) is 1. The Balaban J connectivity index is 2.30. The first-order valence-corrected chi connectivity index (χ1v) is 7.11. The summed E-state index contributed by atoms with van der Waals surface area (Å²) < 4.78 is 5.35. The maximum Gasteiger partial charge on any atom is 0.119 e. The first-order valence-electron chi connectivity index (χ1n) is 7.11. The van der Waals surface area contributed by atoms with Crippen LogP contribution in [-0.2, 0) is 0 Å². The molecule has 0 radical (unpaired) electrons. The highest BCUT2D eigenvalue weighted by Gasteiger charge is 2.22. The summed E-state index contributed by atoms with van der Waals surface area (Å²) in [5, 5.41) is 0. The van der Waals surface area contributed by atoms with Gasteiger partial charge in [-0.15, -0.1) is 0 Å². The van der Waals surface area contributed by atoms with Crippen molar-refractivity contribution in [3.05, 3.63) is 35.9 Å². The van der Waals surface area contributed by atoms with Crippen molar-refractivity contribution < 1.29 is 4.74 Å². The van der Waals surface area contributed by atoms with Gasteiger partial charge in [0.25, 0.3) is 0 Å². The minimum Gasteiger partial charge on any atom is -0.497 e. The van der Waals surface area contributed by atoms with E-state index in [9.17, 15) is 0 Å². The molecule has 0 saturated heterocycles. The molecule has 0 saturated carbocycles. The van der Waals surface area contributed by atoms with Crippen LogP contribution in [0.2, 0.25) is 0 Å². The van der Waals surface area contributed by atoms with Crippen LogP contribution in [-0.4, -0.2) is 32.6 Å². The quantitative estimate of drug-likeness (QED) is 0.817. The Labute approximate surface area is 117 Å². The molecule has 0 bridgehead atoms. The fourth-order valence-electron chi connectivity index (χ4n) is 2.91. The van der Waals surface area contributed by atoms with E-state index in [1.807, 2.05) is 6.07 Å². The van der Waals surface area contributed by atoms with Crippen molar-refractivity contribution in [3.8, 4) is 5.75 Å². The second-order valence-corrected chi connectivity index (χ2v) is 5.87. The van der Waals surface area contributed by atoms with Crippen molar-refractivity contribution >= 4 is 5.57 Å². The van der Waals surface area contributed by atoms with Crippen molar-refractivity contribution in [2.75, 3.05) is 27.7 Å². The van der Waals surface area contributed by atoms with Crippen molar-refractivity contribution in [2.45, 2.75) is 19.8 Å². The lowest BCUT2D eigenvalue weighted by Gasteiger charge is -2.30. The Morgan fingerprint density at radius 2 is 2.05 bits per heavy atom. The Morgan fingerprint density at radius 1 is 1.26 bits per heavy atom. The molecule has 0 heterocycles. The highest BCUT2D eigenvalue weighted by molar-refractivity contribution is 5.69. The maximum atomic E-state index is 5.35. The highest BCUT2D eigenvalue weighted by Crippen LogP contribution is 2.36. The fourth-order valence-corrected chi connectivity index (χ4v) is 2.91. The van der Waals surface area contributed by atoms with Crippen LogP contribution >= 0.6 is 0 Å². The van der Waals surface area contributed by atoms with E-state index in [1.165, 1.54) is 24.0 Å². The van der Waals surface area contributed by atoms with E-state index in [-0.39, 0.29) is 0 Å². The van der Waals surface area contributed by atoms with Crippen LogP contribution < -0.4 is 4.74 Å². The summed E-state index contributed by atoms with van der Waals surface area (Å²) in [6.45, 7) is 3.43. The van der Waals surface area contributed by atoms with Gasteiger partial charge in [0.05, 0.1) is 7.11 Å². The summed E-state index contributed by atoms with van der Waals surface area (Å²) in [6.07, 6.45) is 5.03. The molecule has 1 aromatic rings. The topological polar surface area (TPSA) is 12.5 Å². The Morgan fingerprint density at radius 3 is 2.74 bits per heavy atom. The van der Waals surface area contributed by atoms with Crippen LogP contribution in [0.15, 0.2) is 30.3 Å². The Bertz CT molecular complexity index is 450. The van der Waals surface area contributed by atoms with Crippen molar-refractivity contribution in [1.82, 2.24) is 4.90 Å². The number of hydrogen-bond acceptors (Lipinski definition) is 2. The first kappa shape index (κ1) is 14.1. The lowest BCUT2D eigenvalue weighted by Crippen LogP contribution is -2.25. The van der Waals surface area contributed by atoms with Crippen LogP contribution in [0, 0.1) is 11.8 Å². The van der Waals surface area contributed by atoms with Crippen LogP contribution in [0.3, 0.4) is 0 Å². The molecule has 1 aliphatic carbocycles. The van der Waals surface area contributed by atoms with Gasteiger partial charge in [0, 0.05) is 6.54 Å². The number of allylic oxidation sites excluding steroid dienone is 1. The third-order valence-electron chi connectivity index (χ3n) is 3.86. The zero-order valence-corrected chi connectivity index (χ0v) is 12.5. The summed E-state index contributed by atoms with van der Waals surface area (Å²) in [6, 6.07) is 8.46. The number of rotatable bonds is 4.